The second-order valence-electron chi connectivity index (χ2n) is 5.36. The summed E-state index contributed by atoms with van der Waals surface area (Å²) in [4.78, 5) is 4.44. The van der Waals surface area contributed by atoms with Crippen LogP contribution in [0.1, 0.15) is 31.7 Å². The molecule has 1 heterocycles. The number of rotatable bonds is 6. The number of hydrogen-bond acceptors (Lipinski definition) is 3. The Morgan fingerprint density at radius 3 is 2.60 bits per heavy atom. The highest BCUT2D eigenvalue weighted by Crippen LogP contribution is 2.24. The highest BCUT2D eigenvalue weighted by molar-refractivity contribution is 5.32. The Morgan fingerprint density at radius 1 is 1.30 bits per heavy atom. The van der Waals surface area contributed by atoms with E-state index in [9.17, 15) is 0 Å². The van der Waals surface area contributed by atoms with Gasteiger partial charge in [0, 0.05) is 30.9 Å². The minimum Gasteiger partial charge on any atom is -0.497 e. The average molecular weight is 273 g/mol. The van der Waals surface area contributed by atoms with E-state index in [1.165, 1.54) is 0 Å². The molecule has 20 heavy (non-hydrogen) atoms. The van der Waals surface area contributed by atoms with Gasteiger partial charge in [0.05, 0.1) is 7.11 Å². The molecular weight excluding hydrogens is 250 g/mol. The van der Waals surface area contributed by atoms with Crippen LogP contribution in [0.4, 0.5) is 0 Å². The molecule has 0 aliphatic carbocycles. The summed E-state index contributed by atoms with van der Waals surface area (Å²) < 4.78 is 7.36. The first-order chi connectivity index (χ1) is 9.56. The van der Waals surface area contributed by atoms with Gasteiger partial charge in [-0.2, -0.15) is 0 Å². The van der Waals surface area contributed by atoms with Crippen molar-refractivity contribution in [1.82, 2.24) is 9.55 Å². The monoisotopic (exact) mass is 273 g/mol. The van der Waals surface area contributed by atoms with E-state index < -0.39 is 5.54 Å². The maximum absolute atomic E-state index is 6.49. The lowest BCUT2D eigenvalue weighted by atomic mass is 9.89. The molecule has 0 fully saturated rings. The van der Waals surface area contributed by atoms with E-state index in [4.69, 9.17) is 10.5 Å². The second-order valence-corrected chi connectivity index (χ2v) is 5.36. The first-order valence-corrected chi connectivity index (χ1v) is 7.00. The van der Waals surface area contributed by atoms with Crippen LogP contribution < -0.4 is 10.5 Å². The van der Waals surface area contributed by atoms with E-state index in [1.54, 1.807) is 7.11 Å². The third-order valence-electron chi connectivity index (χ3n) is 3.54. The zero-order valence-corrected chi connectivity index (χ0v) is 12.5. The maximum Gasteiger partial charge on any atom is 0.118 e. The largest absolute Gasteiger partial charge is 0.497 e. The van der Waals surface area contributed by atoms with Crippen LogP contribution in [-0.4, -0.2) is 16.7 Å². The topological polar surface area (TPSA) is 53.1 Å². The van der Waals surface area contributed by atoms with Crippen molar-refractivity contribution in [2.45, 2.75) is 38.8 Å². The minimum absolute atomic E-state index is 0.441. The van der Waals surface area contributed by atoms with Crippen molar-refractivity contribution in [3.8, 4) is 5.75 Å². The van der Waals surface area contributed by atoms with Crippen LogP contribution in [0.25, 0.3) is 0 Å². The molecule has 1 atom stereocenters. The van der Waals surface area contributed by atoms with Crippen molar-refractivity contribution >= 4 is 0 Å². The molecule has 2 aromatic rings. The second kappa shape index (κ2) is 6.09. The maximum atomic E-state index is 6.49. The summed E-state index contributed by atoms with van der Waals surface area (Å²) in [7, 11) is 1.66. The Kier molecular flexibility index (Phi) is 4.45. The van der Waals surface area contributed by atoms with Gasteiger partial charge in [-0.1, -0.05) is 19.1 Å². The number of nitrogens with zero attached hydrogens (tertiary/aromatic N) is 2. The Balaban J connectivity index is 2.18. The fourth-order valence-corrected chi connectivity index (χ4v) is 2.35. The van der Waals surface area contributed by atoms with Crippen LogP contribution in [0.15, 0.2) is 36.7 Å². The average Bonchev–Trinajstić information content (AvgIpc) is 2.86. The van der Waals surface area contributed by atoms with Gasteiger partial charge in [0.1, 0.15) is 11.6 Å². The molecule has 0 spiro atoms. The molecule has 0 saturated heterocycles. The van der Waals surface area contributed by atoms with E-state index in [1.807, 2.05) is 43.6 Å². The highest BCUT2D eigenvalue weighted by Gasteiger charge is 2.24. The van der Waals surface area contributed by atoms with Gasteiger partial charge in [0.25, 0.3) is 0 Å². The van der Waals surface area contributed by atoms with Crippen molar-refractivity contribution in [2.24, 2.45) is 5.73 Å². The summed E-state index contributed by atoms with van der Waals surface area (Å²) >= 11 is 0. The number of ether oxygens (including phenoxy) is 1. The Bertz CT molecular complexity index is 543. The first-order valence-electron chi connectivity index (χ1n) is 7.00. The zero-order chi connectivity index (χ0) is 14.6. The van der Waals surface area contributed by atoms with Gasteiger partial charge in [0.15, 0.2) is 0 Å². The lowest BCUT2D eigenvalue weighted by Crippen LogP contribution is -2.36. The van der Waals surface area contributed by atoms with Crippen molar-refractivity contribution < 1.29 is 4.74 Å². The van der Waals surface area contributed by atoms with Crippen LogP contribution in [-0.2, 0) is 18.5 Å². The van der Waals surface area contributed by atoms with E-state index in [2.05, 4.69) is 16.5 Å². The number of aromatic nitrogens is 2. The quantitative estimate of drug-likeness (QED) is 0.880. The Labute approximate surface area is 120 Å². The van der Waals surface area contributed by atoms with Crippen molar-refractivity contribution in [1.29, 1.82) is 0 Å². The number of benzene rings is 1. The molecular formula is C16H23N3O. The Morgan fingerprint density at radius 2 is 2.00 bits per heavy atom. The highest BCUT2D eigenvalue weighted by atomic mass is 16.5. The van der Waals surface area contributed by atoms with Gasteiger partial charge in [-0.05, 0) is 31.0 Å². The molecule has 108 valence electrons. The molecule has 2 rings (SSSR count). The smallest absolute Gasteiger partial charge is 0.118 e. The predicted molar refractivity (Wildman–Crippen MR) is 80.8 cm³/mol. The molecule has 0 saturated carbocycles. The molecule has 0 aliphatic rings. The lowest BCUT2D eigenvalue weighted by Gasteiger charge is -2.25. The van der Waals surface area contributed by atoms with Crippen LogP contribution in [0.3, 0.4) is 0 Å². The van der Waals surface area contributed by atoms with E-state index in [-0.39, 0.29) is 0 Å². The zero-order valence-electron chi connectivity index (χ0n) is 12.5. The number of methoxy groups -OCH3 is 1. The van der Waals surface area contributed by atoms with Crippen LogP contribution in [0, 0.1) is 0 Å². The van der Waals surface area contributed by atoms with Crippen molar-refractivity contribution in [2.75, 3.05) is 7.11 Å². The normalized spacial score (nSPS) is 14.0. The van der Waals surface area contributed by atoms with Gasteiger partial charge < -0.3 is 15.0 Å². The van der Waals surface area contributed by atoms with Gasteiger partial charge in [0.2, 0.25) is 0 Å². The van der Waals surface area contributed by atoms with E-state index in [0.717, 1.165) is 30.1 Å². The fraction of sp³-hybridized carbons (Fsp3) is 0.438. The summed E-state index contributed by atoms with van der Waals surface area (Å²) in [6, 6.07) is 7.93. The van der Waals surface area contributed by atoms with Crippen LogP contribution >= 0.6 is 0 Å². The Hall–Kier alpha value is -1.81. The molecule has 1 aromatic heterocycles. The summed E-state index contributed by atoms with van der Waals surface area (Å²) in [6.07, 6.45) is 5.66. The number of aryl methyl sites for hydroxylation is 1. The summed E-state index contributed by atoms with van der Waals surface area (Å²) in [6.45, 7) is 5.18. The summed E-state index contributed by atoms with van der Waals surface area (Å²) in [5, 5.41) is 0. The molecule has 1 unspecified atom stereocenters. The standard InChI is InChI=1S/C16H23N3O/c1-4-10-19-11-9-18-15(19)12-16(2,17)13-5-7-14(20-3)8-6-13/h5-9,11H,4,10,12,17H2,1-3H3. The van der Waals surface area contributed by atoms with Crippen LogP contribution in [0.5, 0.6) is 5.75 Å². The molecule has 4 nitrogen and oxygen atoms in total. The summed E-state index contributed by atoms with van der Waals surface area (Å²) in [5.74, 6) is 1.88. The fourth-order valence-electron chi connectivity index (χ4n) is 2.35. The van der Waals surface area contributed by atoms with Crippen molar-refractivity contribution in [3.63, 3.8) is 0 Å². The molecule has 1 aromatic carbocycles. The van der Waals surface area contributed by atoms with E-state index in [0.29, 0.717) is 6.42 Å². The van der Waals surface area contributed by atoms with Crippen molar-refractivity contribution in [3.05, 3.63) is 48.0 Å². The molecule has 4 heteroatoms. The molecule has 2 N–H and O–H groups in total. The molecule has 0 aliphatic heterocycles. The SMILES string of the molecule is CCCn1ccnc1CC(C)(N)c1ccc(OC)cc1. The predicted octanol–water partition coefficient (Wildman–Crippen LogP) is 2.72. The lowest BCUT2D eigenvalue weighted by molar-refractivity contribution is 0.413. The van der Waals surface area contributed by atoms with E-state index >= 15 is 0 Å². The first kappa shape index (κ1) is 14.6. The molecule has 0 bridgehead atoms. The number of nitrogens with two attached hydrogens (primary N) is 1. The van der Waals surface area contributed by atoms with Gasteiger partial charge >= 0.3 is 0 Å². The number of hydrogen-bond donors (Lipinski definition) is 1. The third-order valence-corrected chi connectivity index (χ3v) is 3.54. The van der Waals surface area contributed by atoms with Gasteiger partial charge in [-0.3, -0.25) is 0 Å². The van der Waals surface area contributed by atoms with Gasteiger partial charge in [-0.15, -0.1) is 0 Å². The number of imidazole rings is 1. The summed E-state index contributed by atoms with van der Waals surface area (Å²) in [5.41, 5.74) is 7.14. The minimum atomic E-state index is -0.441. The molecule has 0 radical (unpaired) electrons. The molecule has 0 amide bonds. The van der Waals surface area contributed by atoms with Crippen LogP contribution in [0.2, 0.25) is 0 Å². The van der Waals surface area contributed by atoms with Gasteiger partial charge in [-0.25, -0.2) is 4.98 Å². The third kappa shape index (κ3) is 3.20.